The van der Waals surface area contributed by atoms with E-state index in [1.807, 2.05) is 0 Å². The van der Waals surface area contributed by atoms with E-state index in [0.717, 1.165) is 44.8 Å². The van der Waals surface area contributed by atoms with E-state index >= 15 is 0 Å². The molecule has 0 bridgehead atoms. The van der Waals surface area contributed by atoms with E-state index in [0.29, 0.717) is 0 Å². The van der Waals surface area contributed by atoms with Crippen molar-refractivity contribution in [3.05, 3.63) is 12.3 Å². The van der Waals surface area contributed by atoms with Crippen LogP contribution in [0.3, 0.4) is 0 Å². The normalized spacial score (nSPS) is 13.6. The monoisotopic (exact) mass is 200 g/mol. The van der Waals surface area contributed by atoms with Gasteiger partial charge in [0.25, 0.3) is 0 Å². The lowest BCUT2D eigenvalue weighted by Gasteiger charge is -2.07. The first-order chi connectivity index (χ1) is 6.81. The minimum Gasteiger partial charge on any atom is -0.516 e. The van der Waals surface area contributed by atoms with Gasteiger partial charge in [-0.2, -0.15) is 0 Å². The van der Waals surface area contributed by atoms with E-state index in [4.69, 9.17) is 5.11 Å². The van der Waals surface area contributed by atoms with Gasteiger partial charge >= 0.3 is 0 Å². The average molecular weight is 200 g/mol. The molecule has 0 rings (SSSR count). The standard InChI is InChI=1S/C12H24O2/c1-2-9-12(14)10-7-5-3-4-6-8-11-13/h8,11-14H,2-7,9-10H2,1H3/b11-8+. The highest BCUT2D eigenvalue weighted by Gasteiger charge is 2.00. The van der Waals surface area contributed by atoms with Crippen molar-refractivity contribution >= 4 is 0 Å². The van der Waals surface area contributed by atoms with Gasteiger partial charge < -0.3 is 10.2 Å². The third-order valence-electron chi connectivity index (χ3n) is 2.39. The highest BCUT2D eigenvalue weighted by atomic mass is 16.3. The van der Waals surface area contributed by atoms with Gasteiger partial charge in [0, 0.05) is 0 Å². The zero-order valence-corrected chi connectivity index (χ0v) is 9.28. The maximum atomic E-state index is 9.45. The van der Waals surface area contributed by atoms with Crippen molar-refractivity contribution in [1.82, 2.24) is 0 Å². The quantitative estimate of drug-likeness (QED) is 0.441. The number of unbranched alkanes of at least 4 members (excludes halogenated alkanes) is 4. The lowest BCUT2D eigenvalue weighted by Crippen LogP contribution is -2.04. The summed E-state index contributed by atoms with van der Waals surface area (Å²) in [4.78, 5) is 0. The molecule has 1 atom stereocenters. The van der Waals surface area contributed by atoms with Crippen molar-refractivity contribution in [2.24, 2.45) is 0 Å². The summed E-state index contributed by atoms with van der Waals surface area (Å²) >= 11 is 0. The van der Waals surface area contributed by atoms with Crippen LogP contribution in [-0.4, -0.2) is 16.3 Å². The molecule has 0 saturated heterocycles. The van der Waals surface area contributed by atoms with Gasteiger partial charge in [0.1, 0.15) is 0 Å². The molecule has 0 saturated carbocycles. The molecular weight excluding hydrogens is 176 g/mol. The van der Waals surface area contributed by atoms with Gasteiger partial charge in [0.05, 0.1) is 12.4 Å². The van der Waals surface area contributed by atoms with Crippen molar-refractivity contribution in [3.63, 3.8) is 0 Å². The molecule has 0 aliphatic carbocycles. The summed E-state index contributed by atoms with van der Waals surface area (Å²) in [5, 5.41) is 17.8. The van der Waals surface area contributed by atoms with Crippen LogP contribution in [0.5, 0.6) is 0 Å². The van der Waals surface area contributed by atoms with E-state index in [1.54, 1.807) is 6.08 Å². The highest BCUT2D eigenvalue weighted by molar-refractivity contribution is 4.70. The van der Waals surface area contributed by atoms with Crippen molar-refractivity contribution in [2.75, 3.05) is 0 Å². The first-order valence-electron chi connectivity index (χ1n) is 5.78. The highest BCUT2D eigenvalue weighted by Crippen LogP contribution is 2.10. The number of hydrogen-bond acceptors (Lipinski definition) is 2. The fourth-order valence-corrected chi connectivity index (χ4v) is 1.55. The van der Waals surface area contributed by atoms with Crippen LogP contribution < -0.4 is 0 Å². The fraction of sp³-hybridized carbons (Fsp3) is 0.833. The first kappa shape index (κ1) is 13.5. The molecule has 84 valence electrons. The van der Waals surface area contributed by atoms with Crippen molar-refractivity contribution in [3.8, 4) is 0 Å². The van der Waals surface area contributed by atoms with Crippen LogP contribution in [0.15, 0.2) is 12.3 Å². The third-order valence-corrected chi connectivity index (χ3v) is 2.39. The van der Waals surface area contributed by atoms with Crippen LogP contribution in [0.1, 0.15) is 58.3 Å². The molecule has 1 unspecified atom stereocenters. The molecule has 0 fully saturated rings. The lowest BCUT2D eigenvalue weighted by atomic mass is 10.1. The topological polar surface area (TPSA) is 40.5 Å². The van der Waals surface area contributed by atoms with Gasteiger partial charge in [-0.3, -0.25) is 0 Å². The molecule has 0 aromatic carbocycles. The van der Waals surface area contributed by atoms with Gasteiger partial charge in [-0.1, -0.05) is 38.7 Å². The Hall–Kier alpha value is -0.500. The second-order valence-corrected chi connectivity index (χ2v) is 3.82. The molecule has 14 heavy (non-hydrogen) atoms. The Morgan fingerprint density at radius 2 is 1.79 bits per heavy atom. The van der Waals surface area contributed by atoms with Crippen LogP contribution in [0.2, 0.25) is 0 Å². The molecule has 2 nitrogen and oxygen atoms in total. The van der Waals surface area contributed by atoms with Gasteiger partial charge in [0.2, 0.25) is 0 Å². The number of aliphatic hydroxyl groups excluding tert-OH is 2. The van der Waals surface area contributed by atoms with Crippen LogP contribution in [0, 0.1) is 0 Å². The van der Waals surface area contributed by atoms with E-state index in [9.17, 15) is 5.11 Å². The third kappa shape index (κ3) is 9.59. The summed E-state index contributed by atoms with van der Waals surface area (Å²) in [6, 6.07) is 0. The Labute approximate surface area is 87.7 Å². The molecule has 0 radical (unpaired) electrons. The van der Waals surface area contributed by atoms with E-state index in [1.165, 1.54) is 12.8 Å². The second kappa shape index (κ2) is 10.6. The summed E-state index contributed by atoms with van der Waals surface area (Å²) in [7, 11) is 0. The fourth-order valence-electron chi connectivity index (χ4n) is 1.55. The summed E-state index contributed by atoms with van der Waals surface area (Å²) in [6.07, 6.45) is 11.4. The second-order valence-electron chi connectivity index (χ2n) is 3.82. The van der Waals surface area contributed by atoms with Crippen LogP contribution >= 0.6 is 0 Å². The Kier molecular flexibility index (Phi) is 10.2. The zero-order chi connectivity index (χ0) is 10.6. The van der Waals surface area contributed by atoms with Crippen molar-refractivity contribution in [2.45, 2.75) is 64.4 Å². The maximum Gasteiger partial charge on any atom is 0.0751 e. The minimum atomic E-state index is -0.0858. The summed E-state index contributed by atoms with van der Waals surface area (Å²) in [6.45, 7) is 2.10. The molecule has 0 amide bonds. The Balaban J connectivity index is 3.05. The van der Waals surface area contributed by atoms with Crippen LogP contribution in [0.25, 0.3) is 0 Å². The number of rotatable bonds is 9. The van der Waals surface area contributed by atoms with Gasteiger partial charge in [-0.15, -0.1) is 0 Å². The predicted octanol–water partition coefficient (Wildman–Crippen LogP) is 3.56. The molecular formula is C12H24O2. The summed E-state index contributed by atoms with van der Waals surface area (Å²) in [5.41, 5.74) is 0. The average Bonchev–Trinajstić information content (AvgIpc) is 2.17. The largest absolute Gasteiger partial charge is 0.516 e. The predicted molar refractivity (Wildman–Crippen MR) is 60.4 cm³/mol. The smallest absolute Gasteiger partial charge is 0.0751 e. The van der Waals surface area contributed by atoms with E-state index < -0.39 is 0 Å². The van der Waals surface area contributed by atoms with Crippen LogP contribution in [0.4, 0.5) is 0 Å². The van der Waals surface area contributed by atoms with Gasteiger partial charge in [-0.05, 0) is 25.7 Å². The zero-order valence-electron chi connectivity index (χ0n) is 9.28. The van der Waals surface area contributed by atoms with Crippen LogP contribution in [-0.2, 0) is 0 Å². The number of allylic oxidation sites excluding steroid dienone is 1. The molecule has 0 aliphatic rings. The molecule has 2 N–H and O–H groups in total. The van der Waals surface area contributed by atoms with Crippen molar-refractivity contribution < 1.29 is 10.2 Å². The van der Waals surface area contributed by atoms with Gasteiger partial charge in [-0.25, -0.2) is 0 Å². The Bertz CT molecular complexity index is 132. The minimum absolute atomic E-state index is 0.0858. The Morgan fingerprint density at radius 3 is 2.43 bits per heavy atom. The number of aliphatic hydroxyl groups is 2. The number of hydrogen-bond donors (Lipinski definition) is 2. The Morgan fingerprint density at radius 1 is 1.07 bits per heavy atom. The van der Waals surface area contributed by atoms with Gasteiger partial charge in [0.15, 0.2) is 0 Å². The molecule has 0 aliphatic heterocycles. The molecule has 2 heteroatoms. The molecule has 0 spiro atoms. The molecule has 0 heterocycles. The van der Waals surface area contributed by atoms with E-state index in [2.05, 4.69) is 6.92 Å². The summed E-state index contributed by atoms with van der Waals surface area (Å²) < 4.78 is 0. The SMILES string of the molecule is CCCC(O)CCCCCC/C=C/O. The molecule has 0 aromatic heterocycles. The summed E-state index contributed by atoms with van der Waals surface area (Å²) in [5.74, 6) is 0. The maximum absolute atomic E-state index is 9.45. The lowest BCUT2D eigenvalue weighted by molar-refractivity contribution is 0.150. The van der Waals surface area contributed by atoms with Crippen molar-refractivity contribution in [1.29, 1.82) is 0 Å². The molecule has 0 aromatic rings. The first-order valence-corrected chi connectivity index (χ1v) is 5.78. The van der Waals surface area contributed by atoms with E-state index in [-0.39, 0.29) is 6.10 Å².